The van der Waals surface area contributed by atoms with Crippen molar-refractivity contribution >= 4 is 65.5 Å². The minimum atomic E-state index is -1.22. The molecule has 0 bridgehead atoms. The second kappa shape index (κ2) is 40.0. The molecule has 2 heterocycles. The van der Waals surface area contributed by atoms with Crippen molar-refractivity contribution in [3.8, 4) is 0 Å². The molecule has 0 aromatic carbocycles. The number of nitrogens with one attached hydrogen (secondary N) is 4. The van der Waals surface area contributed by atoms with Crippen LogP contribution in [0.4, 0.5) is 4.79 Å². The van der Waals surface area contributed by atoms with E-state index in [2.05, 4.69) is 35.8 Å². The van der Waals surface area contributed by atoms with Gasteiger partial charge in [0.05, 0.1) is 19.5 Å². The molecule has 0 unspecified atom stereocenters. The van der Waals surface area contributed by atoms with Gasteiger partial charge >= 0.3 is 47.8 Å². The number of imidazole rings is 2. The number of nitrogens with zero attached hydrogens (tertiary/aromatic N) is 6. The number of aromatic nitrogens is 4. The van der Waals surface area contributed by atoms with Gasteiger partial charge in [0.25, 0.3) is 0 Å². The van der Waals surface area contributed by atoms with Gasteiger partial charge in [0.1, 0.15) is 95.7 Å². The predicted octanol–water partition coefficient (Wildman–Crippen LogP) is 8.81. The summed E-state index contributed by atoms with van der Waals surface area (Å²) in [5, 5.41) is 8.15. The van der Waals surface area contributed by atoms with Gasteiger partial charge in [-0.25, -0.2) is 24.4 Å². The first-order chi connectivity index (χ1) is 45.4. The number of ether oxygens (including phenoxy) is 7. The van der Waals surface area contributed by atoms with Gasteiger partial charge in [-0.1, -0.05) is 38.5 Å². The van der Waals surface area contributed by atoms with Crippen LogP contribution in [0.25, 0.3) is 0 Å². The van der Waals surface area contributed by atoms with Gasteiger partial charge in [0, 0.05) is 43.7 Å². The van der Waals surface area contributed by atoms with Gasteiger partial charge in [0.2, 0.25) is 17.7 Å². The third-order valence-corrected chi connectivity index (χ3v) is 13.5. The average Bonchev–Trinajstić information content (AvgIpc) is 1.81. The molecule has 28 heteroatoms. The zero-order valence-corrected chi connectivity index (χ0v) is 63.4. The summed E-state index contributed by atoms with van der Waals surface area (Å²) in [6.45, 7) is 35.0. The Hall–Kier alpha value is -7.65. The van der Waals surface area contributed by atoms with Gasteiger partial charge in [-0.3, -0.25) is 43.3 Å². The van der Waals surface area contributed by atoms with Gasteiger partial charge in [0.15, 0.2) is 0 Å². The Morgan fingerprint density at radius 3 is 1.33 bits per heavy atom. The highest BCUT2D eigenvalue weighted by molar-refractivity contribution is 5.89. The Morgan fingerprint density at radius 2 is 0.879 bits per heavy atom. The Labute approximate surface area is 587 Å². The maximum atomic E-state index is 14.0. The third kappa shape index (κ3) is 42.8. The Bertz CT molecular complexity index is 2880. The molecule has 0 aliphatic carbocycles. The zero-order chi connectivity index (χ0) is 75.3. The maximum Gasteiger partial charge on any atom is 0.329 e. The third-order valence-electron chi connectivity index (χ3n) is 13.5. The number of H-pyrrole nitrogens is 1. The standard InChI is InChI=1S/C71H120N10O18/c1-65(2,3)93-57(85)35-34-51(63(91)99-71(19,20)21)77-64(92)76-50(62(90)98-70(16,17)18)32-29-30-36-73-54(82)33-28-26-24-22-23-25-27-31-38-78(42-52-74-41-49(75-52)40-55(83)80(45-58(86)94-66(4,5)6)46-59(87)95-67(7,8)9)43-53-72-37-39-79(53)44-56(84)81(47-60(88)96-68(10,11)12)48-61(89)97-69(13,14)15/h37,39,41,50-51H,22-36,38,40,42-48H2,1-21H3,(H,73,82)(H,74,75)(H2,76,77,92)/t50-,51-/m0/s1. The molecule has 0 spiro atoms. The lowest BCUT2D eigenvalue weighted by Gasteiger charge is -2.27. The van der Waals surface area contributed by atoms with Gasteiger partial charge in [-0.15, -0.1) is 0 Å². The first kappa shape index (κ1) is 87.4. The summed E-state index contributed by atoms with van der Waals surface area (Å²) in [4.78, 5) is 162. The molecule has 0 saturated carbocycles. The number of carbonyl (C=O) groups is 11. The number of aromatic amines is 1. The van der Waals surface area contributed by atoms with Crippen LogP contribution in [-0.4, -0.2) is 190 Å². The van der Waals surface area contributed by atoms with Crippen LogP contribution in [0.3, 0.4) is 0 Å². The summed E-state index contributed by atoms with van der Waals surface area (Å²) in [7, 11) is 0. The molecule has 0 aliphatic rings. The summed E-state index contributed by atoms with van der Waals surface area (Å²) >= 11 is 0. The molecule has 2 atom stereocenters. The molecule has 562 valence electrons. The molecule has 2 rings (SSSR count). The second-order valence-corrected chi connectivity index (χ2v) is 31.9. The van der Waals surface area contributed by atoms with Crippen molar-refractivity contribution in [1.29, 1.82) is 0 Å². The molecular formula is C71H120N10O18. The second-order valence-electron chi connectivity index (χ2n) is 31.9. The van der Waals surface area contributed by atoms with E-state index in [-0.39, 0.29) is 51.2 Å². The van der Waals surface area contributed by atoms with E-state index in [0.717, 1.165) is 54.7 Å². The predicted molar refractivity (Wildman–Crippen MR) is 370 cm³/mol. The highest BCUT2D eigenvalue weighted by Crippen LogP contribution is 2.20. The van der Waals surface area contributed by atoms with Gasteiger partial charge in [-0.05, 0) is 190 Å². The first-order valence-corrected chi connectivity index (χ1v) is 34.6. The topological polar surface area (TPSA) is 345 Å². The van der Waals surface area contributed by atoms with E-state index >= 15 is 0 Å². The van der Waals surface area contributed by atoms with E-state index in [1.54, 1.807) is 162 Å². The van der Waals surface area contributed by atoms with Crippen molar-refractivity contribution in [3.63, 3.8) is 0 Å². The molecule has 2 aromatic rings. The molecule has 0 radical (unpaired) electrons. The lowest BCUT2D eigenvalue weighted by atomic mass is 10.1. The number of hydrogen-bond acceptors (Lipinski definition) is 21. The van der Waals surface area contributed by atoms with Crippen LogP contribution in [-0.2, 0) is 107 Å². The van der Waals surface area contributed by atoms with Crippen LogP contribution in [0.2, 0.25) is 0 Å². The lowest BCUT2D eigenvalue weighted by molar-refractivity contribution is -0.165. The van der Waals surface area contributed by atoms with Gasteiger partial charge in [-0.2, -0.15) is 0 Å². The SMILES string of the molecule is CC(C)(C)OC(=O)CC[C@H](NC(=O)N[C@@H](CCCCNC(=O)CCCCCCCCCCN(Cc1ncc(CC(=O)N(CC(=O)OC(C)(C)C)CC(=O)OC(C)(C)C)[nH]1)Cc1nccn1CC(=O)N(CC(=O)OC(C)(C)C)CC(=O)OC(C)(C)C)C(=O)OC(C)(C)C)C(=O)OC(C)(C)C. The molecular weight excluding hydrogens is 1280 g/mol. The van der Waals surface area contributed by atoms with Crippen LogP contribution in [0.15, 0.2) is 18.6 Å². The fourth-order valence-electron chi connectivity index (χ4n) is 9.67. The first-order valence-electron chi connectivity index (χ1n) is 34.6. The van der Waals surface area contributed by atoms with Crippen molar-refractivity contribution in [1.82, 2.24) is 50.2 Å². The molecule has 2 aromatic heterocycles. The van der Waals surface area contributed by atoms with E-state index in [1.165, 1.54) is 6.20 Å². The monoisotopic (exact) mass is 1400 g/mol. The molecule has 28 nitrogen and oxygen atoms in total. The fraction of sp³-hybridized carbons (Fsp3) is 0.761. The smallest absolute Gasteiger partial charge is 0.329 e. The molecule has 0 fully saturated rings. The van der Waals surface area contributed by atoms with Crippen LogP contribution < -0.4 is 16.0 Å². The zero-order valence-electron chi connectivity index (χ0n) is 63.4. The highest BCUT2D eigenvalue weighted by Gasteiger charge is 2.34. The summed E-state index contributed by atoms with van der Waals surface area (Å²) in [6, 6.07) is -3.13. The Balaban J connectivity index is 2.11. The number of urea groups is 1. The summed E-state index contributed by atoms with van der Waals surface area (Å²) < 4.78 is 40.1. The number of rotatable bonds is 39. The van der Waals surface area contributed by atoms with Crippen molar-refractivity contribution in [2.45, 2.75) is 313 Å². The van der Waals surface area contributed by atoms with Crippen LogP contribution in [0, 0.1) is 0 Å². The van der Waals surface area contributed by atoms with E-state index in [0.29, 0.717) is 56.1 Å². The average molecular weight is 1400 g/mol. The number of amides is 5. The highest BCUT2D eigenvalue weighted by atomic mass is 16.6. The molecule has 4 N–H and O–H groups in total. The minimum Gasteiger partial charge on any atom is -0.460 e. The quantitative estimate of drug-likeness (QED) is 0.0276. The normalized spacial score (nSPS) is 12.9. The van der Waals surface area contributed by atoms with Crippen LogP contribution >= 0.6 is 0 Å². The number of carbonyl (C=O) groups excluding carboxylic acids is 11. The number of unbranched alkanes of at least 4 members (excludes halogenated alkanes) is 8. The summed E-state index contributed by atoms with van der Waals surface area (Å²) in [5.74, 6) is -4.91. The van der Waals surface area contributed by atoms with E-state index in [9.17, 15) is 52.7 Å². The maximum absolute atomic E-state index is 14.0. The van der Waals surface area contributed by atoms with E-state index < -0.39 is 137 Å². The van der Waals surface area contributed by atoms with E-state index in [1.807, 2.05) is 0 Å². The summed E-state index contributed by atoms with van der Waals surface area (Å²) in [6.07, 6.45) is 12.7. The van der Waals surface area contributed by atoms with E-state index in [4.69, 9.17) is 33.2 Å². The number of esters is 7. The van der Waals surface area contributed by atoms with Crippen molar-refractivity contribution in [3.05, 3.63) is 35.9 Å². The molecule has 99 heavy (non-hydrogen) atoms. The molecule has 5 amide bonds. The van der Waals surface area contributed by atoms with Crippen molar-refractivity contribution < 1.29 is 85.9 Å². The largest absolute Gasteiger partial charge is 0.460 e. The Kier molecular flexibility index (Phi) is 35.3. The Morgan fingerprint density at radius 1 is 0.465 bits per heavy atom. The lowest BCUT2D eigenvalue weighted by Crippen LogP contribution is -2.53. The fourth-order valence-corrected chi connectivity index (χ4v) is 9.67. The molecule has 0 saturated heterocycles. The van der Waals surface area contributed by atoms with Crippen molar-refractivity contribution in [2.24, 2.45) is 0 Å². The van der Waals surface area contributed by atoms with Gasteiger partial charge < -0.3 is 68.5 Å². The number of hydrogen-bond donors (Lipinski definition) is 4. The van der Waals surface area contributed by atoms with Crippen LogP contribution in [0.5, 0.6) is 0 Å². The summed E-state index contributed by atoms with van der Waals surface area (Å²) in [5.41, 5.74) is -5.41. The minimum absolute atomic E-state index is 0.0933. The van der Waals surface area contributed by atoms with Crippen molar-refractivity contribution in [2.75, 3.05) is 39.3 Å². The molecule has 0 aliphatic heterocycles. The van der Waals surface area contributed by atoms with Crippen LogP contribution in [0.1, 0.15) is 253 Å².